The summed E-state index contributed by atoms with van der Waals surface area (Å²) in [4.78, 5) is 73.9. The van der Waals surface area contributed by atoms with Crippen molar-refractivity contribution in [3.05, 3.63) is 109 Å². The van der Waals surface area contributed by atoms with Gasteiger partial charge in [0.25, 0.3) is 0 Å². The van der Waals surface area contributed by atoms with E-state index in [4.69, 9.17) is 0 Å². The van der Waals surface area contributed by atoms with E-state index in [1.807, 2.05) is 0 Å². The summed E-state index contributed by atoms with van der Waals surface area (Å²) in [5.41, 5.74) is 0. The van der Waals surface area contributed by atoms with Gasteiger partial charge in [0, 0.05) is 114 Å². The number of imidazole rings is 6. The molecular formula is C36H48B6F24Fe2N20Rb2. The molecule has 6 aromatic heterocycles. The fourth-order valence-electron chi connectivity index (χ4n) is 4.86. The topological polar surface area (TPSA) is 253 Å². The van der Waals surface area contributed by atoms with Gasteiger partial charge in [-0.15, -0.1) is 0 Å². The zero-order valence-corrected chi connectivity index (χ0v) is 58.4. The Morgan fingerprint density at radius 1 is 0.267 bits per heavy atom. The average Bonchev–Trinajstić information content (AvgIpc) is 4.21. The first-order valence-electron chi connectivity index (χ1n) is 23.4. The number of aliphatic imine (C=N–C) groups is 6. The summed E-state index contributed by atoms with van der Waals surface area (Å²) in [5.74, 6) is 4.57. The van der Waals surface area contributed by atoms with Crippen LogP contribution in [0.1, 0.15) is 34.9 Å². The van der Waals surface area contributed by atoms with Crippen molar-refractivity contribution in [1.29, 1.82) is 0 Å². The Labute approximate surface area is 615 Å². The van der Waals surface area contributed by atoms with Crippen LogP contribution in [0.3, 0.4) is 0 Å². The van der Waals surface area contributed by atoms with Gasteiger partial charge in [-0.05, 0) is 0 Å². The first-order chi connectivity index (χ1) is 39.8. The van der Waals surface area contributed by atoms with E-state index in [0.29, 0.717) is 39.3 Å². The third-order valence-corrected chi connectivity index (χ3v) is 7.67. The van der Waals surface area contributed by atoms with E-state index in [9.17, 15) is 104 Å². The Balaban J connectivity index is -0.000000263. The SMILES string of the molecule is C(=NCCN(CCN=Cc1ncc[nH]1)CCN=Cc1ncc[nH]1)c1ncc[nH]1.C(=NCCN(CCN=Cc1ncc[nH]1)CCN=Cc1ncc[nH]1)c1ncc[nH]1.F[B-](F)(F)F.F[B-](F)(F)F.F[B-](F)(F)F.F[B-](F)(F)F.F[B-](F)(F)F.F[B-](F)(F)F.[Fe+2].[Fe+2].[Rb+].[Rb+]. The summed E-state index contributed by atoms with van der Waals surface area (Å²) in [6.45, 7) is 9.05. The van der Waals surface area contributed by atoms with Crippen LogP contribution < -0.4 is 116 Å². The molecule has 0 spiro atoms. The molecule has 0 amide bonds. The van der Waals surface area contributed by atoms with E-state index in [0.717, 1.165) is 74.2 Å². The Bertz CT molecular complexity index is 2150. The van der Waals surface area contributed by atoms with Crippen LogP contribution in [0.5, 0.6) is 0 Å². The Morgan fingerprint density at radius 3 is 0.467 bits per heavy atom. The summed E-state index contributed by atoms with van der Waals surface area (Å²) < 4.78 is 234. The zero-order chi connectivity index (χ0) is 65.6. The van der Waals surface area contributed by atoms with Crippen LogP contribution >= 0.6 is 0 Å². The minimum Gasteiger partial charge on any atom is -0.418 e. The van der Waals surface area contributed by atoms with Crippen molar-refractivity contribution >= 4 is 80.8 Å². The van der Waals surface area contributed by atoms with Crippen molar-refractivity contribution < 1.29 is 254 Å². The number of hydrogen-bond acceptors (Lipinski definition) is 14. The molecule has 0 bridgehead atoms. The van der Waals surface area contributed by atoms with E-state index in [2.05, 4.69) is 99.6 Å². The normalized spacial score (nSPS) is 11.7. The van der Waals surface area contributed by atoms with Gasteiger partial charge in [0.1, 0.15) is 34.9 Å². The molecule has 0 atom stereocenters. The first-order valence-corrected chi connectivity index (χ1v) is 23.4. The van der Waals surface area contributed by atoms with Gasteiger partial charge in [0.2, 0.25) is 0 Å². The summed E-state index contributed by atoms with van der Waals surface area (Å²) in [6, 6.07) is 0. The third-order valence-electron chi connectivity index (χ3n) is 7.67. The minimum atomic E-state index is -6.00. The van der Waals surface area contributed by atoms with Gasteiger partial charge in [-0.2, -0.15) is 0 Å². The smallest absolute Gasteiger partial charge is 0.418 e. The molecule has 0 saturated carbocycles. The van der Waals surface area contributed by atoms with Crippen molar-refractivity contribution in [1.82, 2.24) is 69.6 Å². The maximum absolute atomic E-state index is 9.75. The van der Waals surface area contributed by atoms with Crippen molar-refractivity contribution in [2.24, 2.45) is 30.0 Å². The second-order valence-electron chi connectivity index (χ2n) is 14.7. The molecule has 6 N–H and O–H groups in total. The molecule has 0 aromatic carbocycles. The fraction of sp³-hybridized carbons (Fsp3) is 0.333. The van der Waals surface area contributed by atoms with Gasteiger partial charge >= 0.3 is 194 Å². The monoisotopic (exact) mass is 1560 g/mol. The first kappa shape index (κ1) is 97.6. The summed E-state index contributed by atoms with van der Waals surface area (Å²) in [7, 11) is -36.0. The van der Waals surface area contributed by atoms with Crippen molar-refractivity contribution in [2.75, 3.05) is 78.5 Å². The van der Waals surface area contributed by atoms with Gasteiger partial charge in [-0.3, -0.25) is 39.8 Å². The number of aromatic amines is 6. The maximum Gasteiger partial charge on any atom is 2.00 e. The molecule has 0 aliphatic heterocycles. The molecule has 20 nitrogen and oxygen atoms in total. The largest absolute Gasteiger partial charge is 2.00 e. The molecule has 0 aliphatic rings. The number of hydrogen-bond donors (Lipinski definition) is 6. The van der Waals surface area contributed by atoms with Crippen molar-refractivity contribution in [3.8, 4) is 0 Å². The van der Waals surface area contributed by atoms with Crippen LogP contribution in [-0.2, 0) is 34.1 Å². The predicted molar refractivity (Wildman–Crippen MR) is 280 cm³/mol. The summed E-state index contributed by atoms with van der Waals surface area (Å²) in [6.07, 6.45) is 31.5. The third kappa shape index (κ3) is 91.0. The van der Waals surface area contributed by atoms with E-state index in [1.54, 1.807) is 112 Å². The molecule has 54 heteroatoms. The van der Waals surface area contributed by atoms with Gasteiger partial charge in [0.15, 0.2) is 0 Å². The molecule has 0 saturated heterocycles. The molecule has 0 aliphatic carbocycles. The number of halogens is 24. The van der Waals surface area contributed by atoms with Crippen LogP contribution in [0.25, 0.3) is 0 Å². The molecule has 6 rings (SSSR count). The quantitative estimate of drug-likeness (QED) is 0.0297. The van der Waals surface area contributed by atoms with Gasteiger partial charge in [-0.1, -0.05) is 0 Å². The fourth-order valence-corrected chi connectivity index (χ4v) is 4.86. The van der Waals surface area contributed by atoms with Gasteiger partial charge in [0.05, 0.1) is 76.6 Å². The summed E-state index contributed by atoms with van der Waals surface area (Å²) >= 11 is 0. The second-order valence-corrected chi connectivity index (χ2v) is 14.7. The van der Waals surface area contributed by atoms with Gasteiger partial charge in [-0.25, -0.2) is 29.9 Å². The number of nitrogens with one attached hydrogen (secondary N) is 6. The number of nitrogens with zero attached hydrogens (tertiary/aromatic N) is 14. The van der Waals surface area contributed by atoms with Crippen LogP contribution in [0, 0.1) is 0 Å². The molecule has 496 valence electrons. The maximum atomic E-state index is 9.75. The van der Waals surface area contributed by atoms with Crippen LogP contribution in [0.4, 0.5) is 104 Å². The molecular weight excluding hydrogens is 1520 g/mol. The molecule has 0 unspecified atom stereocenters. The van der Waals surface area contributed by atoms with Gasteiger partial charge < -0.3 is 133 Å². The van der Waals surface area contributed by atoms with Crippen molar-refractivity contribution in [3.63, 3.8) is 0 Å². The van der Waals surface area contributed by atoms with E-state index < -0.39 is 43.5 Å². The van der Waals surface area contributed by atoms with Crippen molar-refractivity contribution in [2.45, 2.75) is 0 Å². The predicted octanol–water partition coefficient (Wildman–Crippen LogP) is 3.43. The zero-order valence-electron chi connectivity index (χ0n) is 46.4. The Kier molecular flexibility index (Phi) is 60.7. The average molecular weight is 1560 g/mol. The molecule has 6 heterocycles. The van der Waals surface area contributed by atoms with E-state index in [-0.39, 0.29) is 151 Å². The van der Waals surface area contributed by atoms with E-state index >= 15 is 0 Å². The van der Waals surface area contributed by atoms with Crippen LogP contribution in [0.2, 0.25) is 0 Å². The standard InChI is InChI=1S/2C18H24N10.6BF4.2Fe.2Rb/c2*1-2-23-16(22-1)13-19-7-10-28(11-8-20-14-17-24-3-4-25-17)12-9-21-15-18-26-5-6-27-18;6*2-1(3,4)5;;;;/h2*1-6,13-15H,7-12H2,(H,22,23)(H,24,25)(H,26,27);;;;;;;;;;/q;;6*-1;2*+2;2*+1. The Morgan fingerprint density at radius 2 is 0.378 bits per heavy atom. The minimum absolute atomic E-state index is 0. The molecule has 0 radical (unpaired) electrons. The van der Waals surface area contributed by atoms with E-state index in [1.165, 1.54) is 0 Å². The van der Waals surface area contributed by atoms with Crippen LogP contribution in [0.15, 0.2) is 104 Å². The number of rotatable bonds is 24. The molecule has 0 fully saturated rings. The number of aromatic nitrogens is 12. The molecule has 90 heavy (non-hydrogen) atoms. The Hall–Kier alpha value is -3.44. The second kappa shape index (κ2) is 56.0. The number of H-pyrrole nitrogens is 6. The summed E-state index contributed by atoms with van der Waals surface area (Å²) in [5, 5.41) is 0. The molecule has 6 aromatic rings. The van der Waals surface area contributed by atoms with Crippen LogP contribution in [-0.4, -0.2) is 229 Å².